The number of aliphatic hydroxyl groups is 1. The summed E-state index contributed by atoms with van der Waals surface area (Å²) in [6.07, 6.45) is -4.57. The molecular weight excluding hydrogens is 921 g/mol. The number of primary amides is 1. The van der Waals surface area contributed by atoms with Gasteiger partial charge in [0.05, 0.1) is 6.42 Å². The maximum atomic E-state index is 15.0. The second-order valence-corrected chi connectivity index (χ2v) is 19.2. The number of aliphatic hydroxyl groups excluding tert-OH is 1. The highest BCUT2D eigenvalue weighted by Gasteiger charge is 2.48. The highest BCUT2D eigenvalue weighted by Crippen LogP contribution is 2.29. The van der Waals surface area contributed by atoms with Crippen molar-refractivity contribution in [2.75, 3.05) is 14.2 Å². The number of methoxy groups -OCH3 is 1. The molecule has 2 aromatic carbocycles. The first-order valence-electron chi connectivity index (χ1n) is 24.1. The van der Waals surface area contributed by atoms with Crippen LogP contribution in [-0.2, 0) is 65.5 Å². The maximum absolute atomic E-state index is 15.0. The van der Waals surface area contributed by atoms with Crippen LogP contribution in [0.5, 0.6) is 5.75 Å². The fourth-order valence-corrected chi connectivity index (χ4v) is 8.62. The van der Waals surface area contributed by atoms with Gasteiger partial charge >= 0.3 is 5.97 Å². The molecule has 71 heavy (non-hydrogen) atoms. The number of nitrogens with one attached hydrogen (secondary N) is 5. The average molecular weight is 993 g/mol. The van der Waals surface area contributed by atoms with E-state index in [1.807, 2.05) is 6.92 Å². The zero-order valence-corrected chi connectivity index (χ0v) is 42.0. The number of hydrogen-bond donors (Lipinski definition) is 8. The maximum Gasteiger partial charge on any atom is 0.329 e. The molecule has 2 fully saturated rings. The molecule has 0 radical (unpaired) electrons. The number of benzene rings is 2. The Morgan fingerprint density at radius 3 is 2.08 bits per heavy atom. The molecule has 4 rings (SSSR count). The third-order valence-electron chi connectivity index (χ3n) is 12.9. The summed E-state index contributed by atoms with van der Waals surface area (Å²) in [6, 6.07) is 4.48. The van der Waals surface area contributed by atoms with Gasteiger partial charge in [-0.25, -0.2) is 4.79 Å². The summed E-state index contributed by atoms with van der Waals surface area (Å²) in [5, 5.41) is 33.3. The van der Waals surface area contributed by atoms with Crippen LogP contribution in [0.3, 0.4) is 0 Å². The predicted octanol–water partition coefficient (Wildman–Crippen LogP) is 0.322. The van der Waals surface area contributed by atoms with E-state index in [9.17, 15) is 48.6 Å². The first-order chi connectivity index (χ1) is 33.5. The number of ether oxygens (including phenoxy) is 2. The third kappa shape index (κ3) is 15.4. The van der Waals surface area contributed by atoms with Gasteiger partial charge in [-0.2, -0.15) is 0 Å². The molecule has 21 nitrogen and oxygen atoms in total. The van der Waals surface area contributed by atoms with Crippen LogP contribution in [0.15, 0.2) is 54.6 Å². The first kappa shape index (κ1) is 57.0. The molecule has 2 saturated heterocycles. The lowest BCUT2D eigenvalue weighted by Crippen LogP contribution is -2.66. The molecule has 9 N–H and O–H groups in total. The molecular formula is C50H72N8O13. The number of nitrogens with zero attached hydrogens (tertiary/aromatic N) is 2. The van der Waals surface area contributed by atoms with Crippen molar-refractivity contribution in [1.82, 2.24) is 36.4 Å². The number of phenolic OH excluding ortho intramolecular Hbond substituents is 1. The van der Waals surface area contributed by atoms with Gasteiger partial charge in [-0.05, 0) is 67.2 Å². The molecule has 2 bridgehead atoms. The zero-order chi connectivity index (χ0) is 52.9. The Hall–Kier alpha value is -6.61. The first-order valence-corrected chi connectivity index (χ1v) is 24.1. The number of carbonyl (C=O) groups is 9. The molecule has 0 aromatic heterocycles. The number of cyclic esters (lactones) is 1. The summed E-state index contributed by atoms with van der Waals surface area (Å²) in [7, 11) is 2.85. The highest BCUT2D eigenvalue weighted by molar-refractivity contribution is 5.99. The van der Waals surface area contributed by atoms with Crippen molar-refractivity contribution >= 4 is 53.2 Å². The number of esters is 1. The Morgan fingerprint density at radius 2 is 1.51 bits per heavy atom. The van der Waals surface area contributed by atoms with Crippen LogP contribution < -0.4 is 32.3 Å². The van der Waals surface area contributed by atoms with Crippen molar-refractivity contribution in [3.8, 4) is 5.75 Å². The smallest absolute Gasteiger partial charge is 0.329 e. The Labute approximate surface area is 414 Å². The number of likely N-dealkylation sites (N-methyl/N-ethyl adjacent to an activating group) is 1. The summed E-state index contributed by atoms with van der Waals surface area (Å²) in [6.45, 7) is 11.7. The highest BCUT2D eigenvalue weighted by atomic mass is 16.5. The minimum atomic E-state index is -1.85. The minimum Gasteiger partial charge on any atom is -0.508 e. The van der Waals surface area contributed by atoms with Crippen LogP contribution in [0.2, 0.25) is 0 Å². The molecule has 0 saturated carbocycles. The number of hydrogen-bond acceptors (Lipinski definition) is 13. The van der Waals surface area contributed by atoms with E-state index in [4.69, 9.17) is 15.2 Å². The van der Waals surface area contributed by atoms with Crippen LogP contribution in [0.4, 0.5) is 0 Å². The molecule has 0 spiro atoms. The number of nitrogens with two attached hydrogens (primary N) is 1. The van der Waals surface area contributed by atoms with Crippen molar-refractivity contribution in [3.05, 3.63) is 65.7 Å². The number of piperidine rings is 1. The molecule has 1 unspecified atom stereocenters. The molecule has 2 aliphatic heterocycles. The fraction of sp³-hybridized carbons (Fsp3) is 0.580. The Balaban J connectivity index is 1.82. The quantitative estimate of drug-likeness (QED) is 0.105. The molecule has 0 aliphatic carbocycles. The summed E-state index contributed by atoms with van der Waals surface area (Å²) < 4.78 is 11.7. The third-order valence-corrected chi connectivity index (χ3v) is 12.9. The topological polar surface area (TPSA) is 305 Å². The number of rotatable bonds is 16. The van der Waals surface area contributed by atoms with E-state index in [-0.39, 0.29) is 43.8 Å². The van der Waals surface area contributed by atoms with Crippen LogP contribution in [0, 0.1) is 17.8 Å². The molecule has 2 aromatic rings. The summed E-state index contributed by atoms with van der Waals surface area (Å²) in [5.74, 6) is -9.58. The van der Waals surface area contributed by atoms with E-state index in [1.54, 1.807) is 65.0 Å². The lowest BCUT2D eigenvalue weighted by molar-refractivity contribution is -0.171. The fourth-order valence-electron chi connectivity index (χ4n) is 8.62. The van der Waals surface area contributed by atoms with Crippen molar-refractivity contribution in [2.45, 2.75) is 154 Å². The number of aromatic hydroxyl groups is 1. The number of carbonyl (C=O) groups excluding carboxylic acids is 9. The van der Waals surface area contributed by atoms with Crippen molar-refractivity contribution in [1.29, 1.82) is 0 Å². The van der Waals surface area contributed by atoms with Gasteiger partial charge in [0.2, 0.25) is 47.3 Å². The van der Waals surface area contributed by atoms with E-state index in [1.165, 1.54) is 55.1 Å². The molecule has 390 valence electrons. The number of phenols is 1. The van der Waals surface area contributed by atoms with Gasteiger partial charge in [0.1, 0.15) is 66.5 Å². The second kappa shape index (κ2) is 26.0. The molecule has 2 heterocycles. The van der Waals surface area contributed by atoms with E-state index in [0.717, 1.165) is 0 Å². The Morgan fingerprint density at radius 1 is 0.859 bits per heavy atom. The van der Waals surface area contributed by atoms with E-state index in [2.05, 4.69) is 26.6 Å². The van der Waals surface area contributed by atoms with Gasteiger partial charge in [0.25, 0.3) is 0 Å². The minimum absolute atomic E-state index is 0.0128. The van der Waals surface area contributed by atoms with Gasteiger partial charge in [0.15, 0.2) is 0 Å². The van der Waals surface area contributed by atoms with Crippen molar-refractivity contribution in [3.63, 3.8) is 0 Å². The lowest BCUT2D eigenvalue weighted by Gasteiger charge is -2.46. The van der Waals surface area contributed by atoms with Crippen LogP contribution >= 0.6 is 0 Å². The lowest BCUT2D eigenvalue weighted by atomic mass is 9.91. The van der Waals surface area contributed by atoms with E-state index in [0.29, 0.717) is 17.5 Å². The van der Waals surface area contributed by atoms with Gasteiger partial charge in [-0.3, -0.25) is 38.4 Å². The van der Waals surface area contributed by atoms with Crippen LogP contribution in [0.25, 0.3) is 0 Å². The average Bonchev–Trinajstić information content (AvgIpc) is 3.31. The zero-order valence-electron chi connectivity index (χ0n) is 42.0. The van der Waals surface area contributed by atoms with Crippen molar-refractivity contribution < 1.29 is 62.8 Å². The van der Waals surface area contributed by atoms with Gasteiger partial charge in [0, 0.05) is 27.0 Å². The van der Waals surface area contributed by atoms with Crippen molar-refractivity contribution in [2.24, 2.45) is 23.5 Å². The summed E-state index contributed by atoms with van der Waals surface area (Å²) in [5.41, 5.74) is 6.60. The van der Waals surface area contributed by atoms with Crippen LogP contribution in [0.1, 0.15) is 91.7 Å². The number of fused-ring (bicyclic) bond motifs is 2. The van der Waals surface area contributed by atoms with Crippen LogP contribution in [-0.4, -0.2) is 148 Å². The molecule has 11 atom stereocenters. The predicted molar refractivity (Wildman–Crippen MR) is 258 cm³/mol. The van der Waals surface area contributed by atoms with E-state index >= 15 is 4.79 Å². The molecule has 8 amide bonds. The molecule has 2 aliphatic rings. The second-order valence-electron chi connectivity index (χ2n) is 19.2. The van der Waals surface area contributed by atoms with Gasteiger partial charge in [-0.1, -0.05) is 90.4 Å². The monoisotopic (exact) mass is 993 g/mol. The van der Waals surface area contributed by atoms with E-state index < -0.39 is 132 Å². The number of amides is 8. The standard InChI is InChI=1S/C50H72N8O13/c1-10-28(6)42-49(68)57(8)36(23-30-14-12-11-13-15-30)45(64)55-40(27(4)5)50(69)71-29(7)41(47(66)54-34(22-26(2)3)43(62)52-33-20-21-39(70-9)58(42)48(33)67)56-44(63)35(25-38(51)61)53-46(65)37(60)24-31-16-18-32(59)19-17-31/h11-19,26-29,33-37,39-42,59-60H,10,20-25H2,1-9H3,(H2,51,61)(H,52,62)(H,53,65)(H,54,66)(H,55,64)(H,56,63)/t28-,29-,33-,34-,35+,36-,37?,39+,40-,41-,42-/m0/s1. The SMILES string of the molecule is CC[C@H](C)[C@H]1C(=O)N(C)[C@@H](Cc2ccccc2)C(=O)N[C@@H](C(C)C)C(=O)O[C@@H](C)[C@H](NC(=O)[C@@H](CC(N)=O)NC(=O)C(O)Cc2ccc(O)cc2)C(=O)N[C@@H](CC(C)C)C(=O)N[C@H]2CC[C@@H](OC)N1C2=O. The summed E-state index contributed by atoms with van der Waals surface area (Å²) in [4.78, 5) is 130. The van der Waals surface area contributed by atoms with Gasteiger partial charge < -0.3 is 61.8 Å². The normalized spacial score (nSPS) is 25.4. The Kier molecular flexibility index (Phi) is 20.9. The van der Waals surface area contributed by atoms with Gasteiger partial charge in [-0.15, -0.1) is 0 Å². The summed E-state index contributed by atoms with van der Waals surface area (Å²) >= 11 is 0. The largest absolute Gasteiger partial charge is 0.508 e. The molecule has 21 heteroatoms. The Bertz CT molecular complexity index is 2210.